The lowest BCUT2D eigenvalue weighted by atomic mass is 9.33. The van der Waals surface area contributed by atoms with Crippen LogP contribution in [0, 0.1) is 50.2 Å². The molecular weight excluding hydrogens is 937 g/mol. The molecule has 19 nitrogen and oxygen atoms in total. The molecule has 23 atom stereocenters. The Balaban J connectivity index is 1.09. The van der Waals surface area contributed by atoms with Gasteiger partial charge < -0.3 is 85.4 Å². The first-order valence-corrected chi connectivity index (χ1v) is 26.9. The third kappa shape index (κ3) is 9.45. The van der Waals surface area contributed by atoms with E-state index in [1.807, 2.05) is 0 Å². The lowest BCUT2D eigenvalue weighted by Gasteiger charge is -2.71. The molecule has 8 aliphatic rings. The van der Waals surface area contributed by atoms with Gasteiger partial charge in [-0.15, -0.1) is 0 Å². The second kappa shape index (κ2) is 20.8. The lowest BCUT2D eigenvalue weighted by Crippen LogP contribution is -2.69. The summed E-state index contributed by atoms with van der Waals surface area (Å²) in [6.45, 7) is 16.7. The maximum Gasteiger partial charge on any atom is 0.317 e. The van der Waals surface area contributed by atoms with Gasteiger partial charge in [0, 0.05) is 6.42 Å². The Morgan fingerprint density at radius 1 is 0.750 bits per heavy atom. The average Bonchev–Trinajstić information content (AvgIpc) is 3.31. The van der Waals surface area contributed by atoms with E-state index < -0.39 is 127 Å². The number of esters is 1. The van der Waals surface area contributed by atoms with Crippen molar-refractivity contribution in [1.29, 1.82) is 0 Å². The number of carbonyl (C=O) groups is 2. The number of aliphatic hydroxyl groups excluding tert-OH is 9. The van der Waals surface area contributed by atoms with Crippen LogP contribution in [0.2, 0.25) is 0 Å². The summed E-state index contributed by atoms with van der Waals surface area (Å²) in [6.07, 6.45) is -12.0. The van der Waals surface area contributed by atoms with Crippen molar-refractivity contribution in [2.45, 2.75) is 237 Å². The number of amides is 1. The third-order valence-corrected chi connectivity index (χ3v) is 20.4. The minimum absolute atomic E-state index is 0.0536. The molecule has 0 aromatic carbocycles. The number of rotatable bonds is 13. The number of ether oxygens (including phenoxy) is 6. The van der Waals surface area contributed by atoms with Crippen molar-refractivity contribution in [2.75, 3.05) is 19.8 Å². The zero-order chi connectivity index (χ0) is 52.7. The molecule has 5 aliphatic carbocycles. The van der Waals surface area contributed by atoms with E-state index in [4.69, 9.17) is 34.2 Å². The third-order valence-electron chi connectivity index (χ3n) is 20.4. The molecular formula is C53H88N2O17. The average molecular weight is 1030 g/mol. The molecule has 3 heterocycles. The molecule has 412 valence electrons. The van der Waals surface area contributed by atoms with E-state index in [1.54, 1.807) is 0 Å². The van der Waals surface area contributed by atoms with E-state index >= 15 is 4.79 Å². The van der Waals surface area contributed by atoms with Gasteiger partial charge in [0.2, 0.25) is 12.2 Å². The number of allylic oxidation sites excluding steroid dienone is 2. The van der Waals surface area contributed by atoms with Crippen molar-refractivity contribution in [3.8, 4) is 0 Å². The molecule has 3 aliphatic heterocycles. The topological polar surface area (TPSA) is 310 Å². The second-order valence-electron chi connectivity index (χ2n) is 25.3. The van der Waals surface area contributed by atoms with Gasteiger partial charge in [-0.2, -0.15) is 0 Å². The zero-order valence-electron chi connectivity index (χ0n) is 43.7. The lowest BCUT2D eigenvalue weighted by molar-refractivity contribution is -0.370. The number of nitrogens with one attached hydrogen (secondary N) is 1. The predicted molar refractivity (Wildman–Crippen MR) is 258 cm³/mol. The highest BCUT2D eigenvalue weighted by molar-refractivity contribution is 5.80. The first-order valence-electron chi connectivity index (χ1n) is 26.9. The molecule has 7 fully saturated rings. The highest BCUT2D eigenvalue weighted by Gasteiger charge is 2.72. The fourth-order valence-corrected chi connectivity index (χ4v) is 15.8. The first kappa shape index (κ1) is 56.3. The molecule has 0 aromatic rings. The van der Waals surface area contributed by atoms with Gasteiger partial charge >= 0.3 is 5.97 Å². The van der Waals surface area contributed by atoms with E-state index in [0.717, 1.165) is 37.7 Å². The van der Waals surface area contributed by atoms with Crippen LogP contribution in [0.15, 0.2) is 11.6 Å². The fraction of sp³-hybridized carbons (Fsp3) is 0.925. The number of nitrogens with two attached hydrogens (primary N) is 1. The molecule has 0 aromatic heterocycles. The van der Waals surface area contributed by atoms with Crippen molar-refractivity contribution >= 4 is 11.9 Å². The van der Waals surface area contributed by atoms with Crippen LogP contribution in [0.25, 0.3) is 0 Å². The van der Waals surface area contributed by atoms with Gasteiger partial charge in [-0.3, -0.25) is 9.59 Å². The van der Waals surface area contributed by atoms with Gasteiger partial charge in [-0.05, 0) is 129 Å². The number of hydrogen-bond donors (Lipinski definition) is 11. The fourth-order valence-electron chi connectivity index (χ4n) is 15.8. The maximum absolute atomic E-state index is 15.6. The van der Waals surface area contributed by atoms with Gasteiger partial charge in [0.05, 0.1) is 37.6 Å². The van der Waals surface area contributed by atoms with Gasteiger partial charge in [0.25, 0.3) is 0 Å². The first-order chi connectivity index (χ1) is 33.7. The Kier molecular flexibility index (Phi) is 16.3. The number of fused-ring (bicyclic) bond motifs is 7. The molecule has 19 heteroatoms. The molecule has 3 saturated heterocycles. The van der Waals surface area contributed by atoms with E-state index in [2.05, 4.69) is 59.9 Å². The van der Waals surface area contributed by atoms with Gasteiger partial charge in [0.15, 0.2) is 18.7 Å². The Labute approximate surface area is 424 Å². The van der Waals surface area contributed by atoms with Crippen LogP contribution in [0.3, 0.4) is 0 Å². The SMILES string of the molecule is C[C@H]1O[C@@H](OC2C(O)[C@@H](NC(=O)CCCCCN)[C@@H](CO)O[C@H]2OC(=O)[C@]23CCC(C)(C)CC2C2=CCC4C5(C)CC[C@H](O)C(C)(C)C5CC[C@@]4(C)[C@]2(C)C[C@H]3O)C(O)C(O)[C@H]1O[C@@H]1OC[C@@H](O)C(O)C1O. The summed E-state index contributed by atoms with van der Waals surface area (Å²) in [4.78, 5) is 28.9. The Hall–Kier alpha value is -1.92. The van der Waals surface area contributed by atoms with Gasteiger partial charge in [0.1, 0.15) is 54.2 Å². The highest BCUT2D eigenvalue weighted by atomic mass is 16.8. The molecule has 1 amide bonds. The predicted octanol–water partition coefficient (Wildman–Crippen LogP) is 1.42. The van der Waals surface area contributed by atoms with Crippen molar-refractivity contribution in [3.63, 3.8) is 0 Å². The van der Waals surface area contributed by atoms with Gasteiger partial charge in [-0.1, -0.05) is 66.5 Å². The molecule has 4 saturated carbocycles. The monoisotopic (exact) mass is 1020 g/mol. The van der Waals surface area contributed by atoms with Crippen LogP contribution in [0.5, 0.6) is 0 Å². The quantitative estimate of drug-likeness (QED) is 0.0706. The molecule has 72 heavy (non-hydrogen) atoms. The Morgan fingerprint density at radius 2 is 1.44 bits per heavy atom. The van der Waals surface area contributed by atoms with Gasteiger partial charge in [-0.25, -0.2) is 0 Å². The summed E-state index contributed by atoms with van der Waals surface area (Å²) in [5, 5.41) is 104. The normalized spacial score (nSPS) is 49.8. The van der Waals surface area contributed by atoms with Crippen molar-refractivity contribution < 1.29 is 84.0 Å². The molecule has 10 unspecified atom stereocenters. The van der Waals surface area contributed by atoms with Crippen molar-refractivity contribution in [3.05, 3.63) is 11.6 Å². The Morgan fingerprint density at radius 3 is 2.14 bits per heavy atom. The van der Waals surface area contributed by atoms with Crippen molar-refractivity contribution in [1.82, 2.24) is 5.32 Å². The minimum Gasteiger partial charge on any atom is -0.432 e. The smallest absolute Gasteiger partial charge is 0.317 e. The summed E-state index contributed by atoms with van der Waals surface area (Å²) < 4.78 is 36.3. The summed E-state index contributed by atoms with van der Waals surface area (Å²) in [5.74, 6) is -1.10. The number of aliphatic hydroxyl groups is 9. The van der Waals surface area contributed by atoms with E-state index in [0.29, 0.717) is 51.0 Å². The number of hydrogen-bond acceptors (Lipinski definition) is 18. The Bertz CT molecular complexity index is 1970. The van der Waals surface area contributed by atoms with E-state index in [1.165, 1.54) is 6.92 Å². The van der Waals surface area contributed by atoms with Crippen LogP contribution in [0.4, 0.5) is 0 Å². The van der Waals surface area contributed by atoms with Crippen LogP contribution in [0.1, 0.15) is 139 Å². The van der Waals surface area contributed by atoms with E-state index in [-0.39, 0.29) is 53.1 Å². The van der Waals surface area contributed by atoms with E-state index in [9.17, 15) is 50.8 Å². The molecule has 0 radical (unpaired) electrons. The second-order valence-corrected chi connectivity index (χ2v) is 25.3. The van der Waals surface area contributed by atoms with Crippen LogP contribution < -0.4 is 11.1 Å². The number of carbonyl (C=O) groups excluding carboxylic acids is 2. The summed E-state index contributed by atoms with van der Waals surface area (Å²) in [5.41, 5.74) is 4.07. The largest absolute Gasteiger partial charge is 0.432 e. The molecule has 0 bridgehead atoms. The summed E-state index contributed by atoms with van der Waals surface area (Å²) in [7, 11) is 0. The zero-order valence-corrected chi connectivity index (χ0v) is 43.7. The maximum atomic E-state index is 15.6. The molecule has 8 rings (SSSR count). The standard InChI is InChI=1S/C53H88N2O17/c1-26-42(70-44-40(64)37(61)29(57)25-67-44)39(63)41(65)45(68-26)71-43-38(62)36(55-35(60)12-10-9-11-21-54)30(24-56)69-46(43)72-47(66)53-20-19-48(2,3)22-28(53)27-13-14-32-50(6)17-16-33(58)49(4,5)31(50)15-18-51(32,7)52(27,8)23-34(53)59/h13,26,28-34,36-46,56-59,61-65H,9-12,14-25,54H2,1-8H3,(H,55,60)/t26-,28?,29-,30-,31?,32?,33+,34-,36+,37?,38?,39?,40?,41?,42+,43?,44+,45+,46+,50?,51-,52-,53-/m1/s1. The van der Waals surface area contributed by atoms with Crippen LogP contribution in [-0.4, -0.2) is 176 Å². The molecule has 0 spiro atoms. The highest BCUT2D eigenvalue weighted by Crippen LogP contribution is 2.76. The molecule has 12 N–H and O–H groups in total. The van der Waals surface area contributed by atoms with Crippen LogP contribution >= 0.6 is 0 Å². The summed E-state index contributed by atoms with van der Waals surface area (Å²) >= 11 is 0. The summed E-state index contributed by atoms with van der Waals surface area (Å²) in [6, 6.07) is -1.32. The van der Waals surface area contributed by atoms with Crippen molar-refractivity contribution in [2.24, 2.45) is 56.0 Å². The van der Waals surface area contributed by atoms with Crippen LogP contribution in [-0.2, 0) is 38.0 Å². The number of unbranched alkanes of at least 4 members (excludes halogenated alkanes) is 2. The minimum atomic E-state index is -1.91.